The van der Waals surface area contributed by atoms with E-state index in [1.165, 1.54) is 6.26 Å². The number of carbonyl (C=O) groups is 2. The third-order valence-corrected chi connectivity index (χ3v) is 3.66. The van der Waals surface area contributed by atoms with Crippen LogP contribution in [-0.2, 0) is 4.79 Å². The molecule has 1 aliphatic heterocycles. The minimum atomic E-state index is -0.110. The van der Waals surface area contributed by atoms with Crippen LogP contribution in [0.4, 0.5) is 0 Å². The molecule has 0 aliphatic carbocycles. The first-order chi connectivity index (χ1) is 10.6. The summed E-state index contributed by atoms with van der Waals surface area (Å²) in [6, 6.07) is 3.36. The van der Waals surface area contributed by atoms with E-state index < -0.39 is 0 Å². The Morgan fingerprint density at radius 1 is 1.23 bits per heavy atom. The van der Waals surface area contributed by atoms with Gasteiger partial charge in [-0.2, -0.15) is 0 Å². The van der Waals surface area contributed by atoms with Crippen LogP contribution in [-0.4, -0.2) is 86.4 Å². The second-order valence-corrected chi connectivity index (χ2v) is 5.63. The second-order valence-electron chi connectivity index (χ2n) is 5.63. The molecule has 0 aromatic carbocycles. The highest BCUT2D eigenvalue weighted by Gasteiger charge is 2.25. The van der Waals surface area contributed by atoms with Crippen molar-refractivity contribution in [2.24, 2.45) is 0 Å². The number of carbonyl (C=O) groups excluding carboxylic acids is 2. The van der Waals surface area contributed by atoms with Crippen LogP contribution < -0.4 is 5.32 Å². The van der Waals surface area contributed by atoms with Gasteiger partial charge >= 0.3 is 0 Å². The molecule has 0 atom stereocenters. The molecule has 0 spiro atoms. The van der Waals surface area contributed by atoms with Gasteiger partial charge in [0.15, 0.2) is 5.76 Å². The summed E-state index contributed by atoms with van der Waals surface area (Å²) in [7, 11) is 4.00. The average molecular weight is 308 g/mol. The summed E-state index contributed by atoms with van der Waals surface area (Å²) in [5.74, 6) is 0.329. The van der Waals surface area contributed by atoms with Gasteiger partial charge in [-0.15, -0.1) is 0 Å². The Bertz CT molecular complexity index is 479. The molecule has 2 rings (SSSR count). The van der Waals surface area contributed by atoms with E-state index in [0.29, 0.717) is 38.5 Å². The molecule has 2 amide bonds. The number of hydrogen-bond acceptors (Lipinski definition) is 5. The van der Waals surface area contributed by atoms with Gasteiger partial charge in [0, 0.05) is 39.3 Å². The fourth-order valence-electron chi connectivity index (χ4n) is 2.32. The van der Waals surface area contributed by atoms with Crippen molar-refractivity contribution in [2.75, 3.05) is 59.9 Å². The molecule has 1 saturated heterocycles. The smallest absolute Gasteiger partial charge is 0.289 e. The van der Waals surface area contributed by atoms with E-state index in [-0.39, 0.29) is 11.8 Å². The van der Waals surface area contributed by atoms with Gasteiger partial charge in [0.2, 0.25) is 5.91 Å². The van der Waals surface area contributed by atoms with E-state index in [9.17, 15) is 9.59 Å². The lowest BCUT2D eigenvalue weighted by molar-refractivity contribution is -0.131. The highest BCUT2D eigenvalue weighted by Crippen LogP contribution is 2.09. The Balaban J connectivity index is 1.70. The maximum atomic E-state index is 12.1. The molecule has 7 heteroatoms. The maximum Gasteiger partial charge on any atom is 0.289 e. The van der Waals surface area contributed by atoms with Gasteiger partial charge in [-0.1, -0.05) is 0 Å². The zero-order valence-electron chi connectivity index (χ0n) is 13.2. The number of rotatable bonds is 6. The average Bonchev–Trinajstić information content (AvgIpc) is 3.05. The molecule has 1 aliphatic rings. The van der Waals surface area contributed by atoms with Crippen LogP contribution in [0.1, 0.15) is 10.6 Å². The minimum Gasteiger partial charge on any atom is -0.459 e. The van der Waals surface area contributed by atoms with Gasteiger partial charge in [-0.25, -0.2) is 0 Å². The molecule has 7 nitrogen and oxygen atoms in total. The van der Waals surface area contributed by atoms with E-state index in [1.54, 1.807) is 21.9 Å². The zero-order valence-corrected chi connectivity index (χ0v) is 13.2. The second kappa shape index (κ2) is 7.95. The first kappa shape index (κ1) is 16.5. The van der Waals surface area contributed by atoms with Crippen molar-refractivity contribution in [2.45, 2.75) is 0 Å². The van der Waals surface area contributed by atoms with Crippen LogP contribution in [0.2, 0.25) is 0 Å². The summed E-state index contributed by atoms with van der Waals surface area (Å²) in [6.07, 6.45) is 1.49. The Labute approximate surface area is 130 Å². The number of nitrogens with zero attached hydrogens (tertiary/aromatic N) is 3. The highest BCUT2D eigenvalue weighted by atomic mass is 16.3. The zero-order chi connectivity index (χ0) is 15.9. The molecular formula is C15H24N4O3. The monoisotopic (exact) mass is 308 g/mol. The predicted octanol–water partition coefficient (Wildman–Crippen LogP) is -0.285. The van der Waals surface area contributed by atoms with Crippen LogP contribution in [0.5, 0.6) is 0 Å². The van der Waals surface area contributed by atoms with E-state index in [0.717, 1.165) is 13.1 Å². The molecule has 1 fully saturated rings. The molecule has 122 valence electrons. The largest absolute Gasteiger partial charge is 0.459 e. The van der Waals surface area contributed by atoms with E-state index in [2.05, 4.69) is 10.2 Å². The fourth-order valence-corrected chi connectivity index (χ4v) is 2.32. The Morgan fingerprint density at radius 3 is 2.50 bits per heavy atom. The molecule has 1 aromatic heterocycles. The van der Waals surface area contributed by atoms with E-state index in [4.69, 9.17) is 4.42 Å². The van der Waals surface area contributed by atoms with Gasteiger partial charge in [0.25, 0.3) is 5.91 Å². The Morgan fingerprint density at radius 2 is 1.91 bits per heavy atom. The molecule has 1 N–H and O–H groups in total. The molecule has 0 saturated carbocycles. The minimum absolute atomic E-state index is 0.0869. The molecule has 0 radical (unpaired) electrons. The van der Waals surface area contributed by atoms with Crippen molar-refractivity contribution in [3.63, 3.8) is 0 Å². The van der Waals surface area contributed by atoms with Gasteiger partial charge in [-0.05, 0) is 26.2 Å². The summed E-state index contributed by atoms with van der Waals surface area (Å²) in [5, 5.41) is 3.14. The lowest BCUT2D eigenvalue weighted by atomic mass is 10.2. The summed E-state index contributed by atoms with van der Waals surface area (Å²) in [6.45, 7) is 4.27. The fraction of sp³-hybridized carbons (Fsp3) is 0.600. The molecule has 2 heterocycles. The normalized spacial score (nSPS) is 15.4. The van der Waals surface area contributed by atoms with Crippen molar-refractivity contribution in [1.82, 2.24) is 20.0 Å². The number of hydrogen-bond donors (Lipinski definition) is 1. The third kappa shape index (κ3) is 4.57. The lowest BCUT2D eigenvalue weighted by Gasteiger charge is -2.34. The van der Waals surface area contributed by atoms with E-state index in [1.807, 2.05) is 14.1 Å². The first-order valence-electron chi connectivity index (χ1n) is 7.54. The van der Waals surface area contributed by atoms with Crippen molar-refractivity contribution in [1.29, 1.82) is 0 Å². The molecule has 1 aromatic rings. The van der Waals surface area contributed by atoms with Crippen molar-refractivity contribution in [3.05, 3.63) is 24.2 Å². The molecule has 0 unspecified atom stereocenters. The van der Waals surface area contributed by atoms with Crippen LogP contribution in [0.3, 0.4) is 0 Å². The number of likely N-dealkylation sites (N-methyl/N-ethyl adjacent to an activating group) is 1. The van der Waals surface area contributed by atoms with Crippen LogP contribution in [0, 0.1) is 0 Å². The Kier molecular flexibility index (Phi) is 5.97. The standard InChI is InChI=1S/C15H24N4O3/c1-17(2)6-5-16-12-14(20)18-7-9-19(10-8-18)15(21)13-4-3-11-22-13/h3-4,11,16H,5-10,12H2,1-2H3. The summed E-state index contributed by atoms with van der Waals surface area (Å²) >= 11 is 0. The number of nitrogens with one attached hydrogen (secondary N) is 1. The predicted molar refractivity (Wildman–Crippen MR) is 82.6 cm³/mol. The molecule has 0 bridgehead atoms. The number of amides is 2. The van der Waals surface area contributed by atoms with Crippen LogP contribution >= 0.6 is 0 Å². The topological polar surface area (TPSA) is 69.0 Å². The molecular weight excluding hydrogens is 284 g/mol. The van der Waals surface area contributed by atoms with Crippen molar-refractivity contribution < 1.29 is 14.0 Å². The molecule has 22 heavy (non-hydrogen) atoms. The Hall–Kier alpha value is -1.86. The van der Waals surface area contributed by atoms with Gasteiger partial charge in [0.05, 0.1) is 12.8 Å². The SMILES string of the molecule is CN(C)CCNCC(=O)N1CCN(C(=O)c2ccco2)CC1. The van der Waals surface area contributed by atoms with Crippen LogP contribution in [0.25, 0.3) is 0 Å². The van der Waals surface area contributed by atoms with Crippen molar-refractivity contribution in [3.8, 4) is 0 Å². The van der Waals surface area contributed by atoms with E-state index >= 15 is 0 Å². The summed E-state index contributed by atoms with van der Waals surface area (Å²) in [5.41, 5.74) is 0. The van der Waals surface area contributed by atoms with Crippen molar-refractivity contribution >= 4 is 11.8 Å². The quantitative estimate of drug-likeness (QED) is 0.732. The number of furan rings is 1. The first-order valence-corrected chi connectivity index (χ1v) is 7.54. The van der Waals surface area contributed by atoms with Crippen LogP contribution in [0.15, 0.2) is 22.8 Å². The summed E-state index contributed by atoms with van der Waals surface area (Å²) < 4.78 is 5.12. The van der Waals surface area contributed by atoms with Gasteiger partial charge in [-0.3, -0.25) is 9.59 Å². The number of piperazine rings is 1. The highest BCUT2D eigenvalue weighted by molar-refractivity contribution is 5.91. The van der Waals surface area contributed by atoms with Gasteiger partial charge < -0.3 is 24.4 Å². The van der Waals surface area contributed by atoms with Gasteiger partial charge in [0.1, 0.15) is 0 Å². The lowest BCUT2D eigenvalue weighted by Crippen LogP contribution is -2.52. The summed E-state index contributed by atoms with van der Waals surface area (Å²) in [4.78, 5) is 29.8. The maximum absolute atomic E-state index is 12.1. The third-order valence-electron chi connectivity index (χ3n) is 3.66.